The number of H-pyrrole nitrogens is 2. The lowest BCUT2D eigenvalue weighted by molar-refractivity contribution is 0.583. The van der Waals surface area contributed by atoms with Crippen LogP contribution >= 0.6 is 11.3 Å². The maximum atomic E-state index is 12.1. The smallest absolute Gasteiger partial charge is 0.306 e. The molecule has 8 heteroatoms. The van der Waals surface area contributed by atoms with Crippen molar-refractivity contribution in [3.8, 4) is 0 Å². The van der Waals surface area contributed by atoms with Crippen LogP contribution in [-0.4, -0.2) is 18.4 Å². The highest BCUT2D eigenvalue weighted by Gasteiger charge is 2.15. The number of aromatic amines is 2. The maximum absolute atomic E-state index is 12.1. The van der Waals surface area contributed by atoms with Crippen LogP contribution in [0.25, 0.3) is 11.0 Å². The fraction of sp³-hybridized carbons (Fsp3) is 0.154. The molecule has 21 heavy (non-hydrogen) atoms. The number of hydrogen-bond acceptors (Lipinski definition) is 4. The van der Waals surface area contributed by atoms with E-state index in [0.29, 0.717) is 15.2 Å². The van der Waals surface area contributed by atoms with Gasteiger partial charge in [0, 0.05) is 11.4 Å². The molecular weight excluding hydrogens is 310 g/mol. The fourth-order valence-corrected chi connectivity index (χ4v) is 4.34. The van der Waals surface area contributed by atoms with Gasteiger partial charge in [0.05, 0.1) is 11.0 Å². The number of aryl methyl sites for hydroxylation is 1. The second-order valence-electron chi connectivity index (χ2n) is 4.65. The van der Waals surface area contributed by atoms with Crippen LogP contribution in [0.15, 0.2) is 39.3 Å². The number of imidazole rings is 1. The second kappa shape index (κ2) is 5.14. The zero-order chi connectivity index (χ0) is 15.0. The Morgan fingerprint density at radius 1 is 1.14 bits per heavy atom. The molecule has 0 unspecified atom stereocenters. The summed E-state index contributed by atoms with van der Waals surface area (Å²) in [5.74, 6) is 0. The summed E-state index contributed by atoms with van der Waals surface area (Å²) in [7, 11) is -3.50. The van der Waals surface area contributed by atoms with Crippen LogP contribution in [-0.2, 0) is 16.6 Å². The first-order valence-electron chi connectivity index (χ1n) is 6.21. The van der Waals surface area contributed by atoms with Gasteiger partial charge in [-0.3, -0.25) is 0 Å². The number of rotatable bonds is 4. The van der Waals surface area contributed by atoms with E-state index in [0.717, 1.165) is 10.4 Å². The molecule has 2 aromatic heterocycles. The van der Waals surface area contributed by atoms with Crippen LogP contribution < -0.4 is 10.4 Å². The number of fused-ring (bicyclic) bond motifs is 1. The summed E-state index contributed by atoms with van der Waals surface area (Å²) in [4.78, 5) is 17.4. The lowest BCUT2D eigenvalue weighted by Gasteiger charge is -2.05. The zero-order valence-electron chi connectivity index (χ0n) is 11.1. The summed E-state index contributed by atoms with van der Waals surface area (Å²) in [6.45, 7) is 2.03. The number of sulfonamides is 1. The summed E-state index contributed by atoms with van der Waals surface area (Å²) >= 11 is 1.23. The van der Waals surface area contributed by atoms with Gasteiger partial charge in [0.1, 0.15) is 4.21 Å². The normalized spacial score (nSPS) is 12.0. The van der Waals surface area contributed by atoms with Gasteiger partial charge in [-0.2, -0.15) is 0 Å². The summed E-state index contributed by atoms with van der Waals surface area (Å²) < 4.78 is 27.1. The molecule has 0 fully saturated rings. The van der Waals surface area contributed by atoms with Crippen molar-refractivity contribution in [1.29, 1.82) is 0 Å². The molecule has 0 atom stereocenters. The Kier molecular flexibility index (Phi) is 3.44. The molecule has 3 N–H and O–H groups in total. The van der Waals surface area contributed by atoms with Crippen molar-refractivity contribution >= 4 is 32.4 Å². The molecule has 0 aliphatic heterocycles. The highest BCUT2D eigenvalue weighted by atomic mass is 32.2. The molecule has 3 rings (SSSR count). The van der Waals surface area contributed by atoms with E-state index in [2.05, 4.69) is 14.7 Å². The van der Waals surface area contributed by atoms with Gasteiger partial charge in [0.15, 0.2) is 0 Å². The summed E-state index contributed by atoms with van der Waals surface area (Å²) in [6.07, 6.45) is 0. The minimum absolute atomic E-state index is 0.169. The Morgan fingerprint density at radius 3 is 2.62 bits per heavy atom. The number of nitrogens with one attached hydrogen (secondary N) is 3. The van der Waals surface area contributed by atoms with Crippen LogP contribution in [0, 0.1) is 6.92 Å². The Bertz CT molecular complexity index is 950. The van der Waals surface area contributed by atoms with E-state index in [9.17, 15) is 13.2 Å². The van der Waals surface area contributed by atoms with Crippen LogP contribution in [0.5, 0.6) is 0 Å². The first kappa shape index (κ1) is 14.1. The van der Waals surface area contributed by atoms with Crippen LogP contribution in [0.2, 0.25) is 0 Å². The van der Waals surface area contributed by atoms with Crippen LogP contribution in [0.3, 0.4) is 0 Å². The number of benzene rings is 1. The van der Waals surface area contributed by atoms with Crippen molar-refractivity contribution in [2.75, 3.05) is 0 Å². The van der Waals surface area contributed by atoms with E-state index >= 15 is 0 Å². The Labute approximate surface area is 124 Å². The predicted octanol–water partition coefficient (Wildman–Crippen LogP) is 1.70. The Balaban J connectivity index is 1.81. The molecule has 0 radical (unpaired) electrons. The van der Waals surface area contributed by atoms with Crippen LogP contribution in [0.1, 0.15) is 10.4 Å². The van der Waals surface area contributed by atoms with Gasteiger partial charge < -0.3 is 9.97 Å². The molecule has 0 bridgehead atoms. The minimum atomic E-state index is -3.50. The van der Waals surface area contributed by atoms with Gasteiger partial charge in [-0.1, -0.05) is 6.07 Å². The zero-order valence-corrected chi connectivity index (χ0v) is 12.8. The van der Waals surface area contributed by atoms with Crippen molar-refractivity contribution in [2.24, 2.45) is 0 Å². The molecule has 6 nitrogen and oxygen atoms in total. The van der Waals surface area contributed by atoms with E-state index in [1.165, 1.54) is 11.3 Å². The highest BCUT2D eigenvalue weighted by Crippen LogP contribution is 2.20. The molecule has 0 saturated carbocycles. The summed E-state index contributed by atoms with van der Waals surface area (Å²) in [6, 6.07) is 8.63. The minimum Gasteiger partial charge on any atom is -0.306 e. The van der Waals surface area contributed by atoms with Crippen molar-refractivity contribution in [3.63, 3.8) is 0 Å². The average Bonchev–Trinajstić information content (AvgIpc) is 3.01. The summed E-state index contributed by atoms with van der Waals surface area (Å²) in [5.41, 5.74) is 1.84. The molecule has 0 amide bonds. The monoisotopic (exact) mass is 323 g/mol. The second-order valence-corrected chi connectivity index (χ2v) is 7.93. The fourth-order valence-electron chi connectivity index (χ4n) is 2.00. The van der Waals surface area contributed by atoms with Gasteiger partial charge in [0.2, 0.25) is 10.0 Å². The van der Waals surface area contributed by atoms with Crippen molar-refractivity contribution in [2.45, 2.75) is 17.7 Å². The lowest BCUT2D eigenvalue weighted by atomic mass is 10.2. The third kappa shape index (κ3) is 2.92. The van der Waals surface area contributed by atoms with Crippen molar-refractivity contribution in [1.82, 2.24) is 14.7 Å². The Hall–Kier alpha value is -1.90. The molecule has 0 aliphatic rings. The third-order valence-corrected chi connectivity index (χ3v) is 5.92. The van der Waals surface area contributed by atoms with Crippen LogP contribution in [0.4, 0.5) is 0 Å². The van der Waals surface area contributed by atoms with E-state index in [4.69, 9.17) is 0 Å². The molecule has 0 aliphatic carbocycles. The van der Waals surface area contributed by atoms with Crippen molar-refractivity contribution in [3.05, 3.63) is 51.3 Å². The Morgan fingerprint density at radius 2 is 1.90 bits per heavy atom. The van der Waals surface area contributed by atoms with Gasteiger partial charge in [-0.05, 0) is 36.8 Å². The van der Waals surface area contributed by atoms with E-state index in [1.807, 2.05) is 6.92 Å². The van der Waals surface area contributed by atoms with Crippen molar-refractivity contribution < 1.29 is 8.42 Å². The quantitative estimate of drug-likeness (QED) is 0.682. The van der Waals surface area contributed by atoms with E-state index in [1.54, 1.807) is 30.3 Å². The van der Waals surface area contributed by atoms with E-state index in [-0.39, 0.29) is 12.2 Å². The summed E-state index contributed by atoms with van der Waals surface area (Å²) in [5, 5.41) is 0. The predicted molar refractivity (Wildman–Crippen MR) is 82.0 cm³/mol. The first-order chi connectivity index (χ1) is 9.94. The van der Waals surface area contributed by atoms with E-state index < -0.39 is 10.0 Å². The first-order valence-corrected chi connectivity index (χ1v) is 8.51. The molecule has 0 saturated heterocycles. The third-order valence-electron chi connectivity index (χ3n) is 3.03. The number of thiophene rings is 1. The molecular formula is C13H13N3O3S2. The molecule has 3 aromatic rings. The largest absolute Gasteiger partial charge is 0.323 e. The molecule has 0 spiro atoms. The number of aromatic nitrogens is 2. The molecule has 110 valence electrons. The standard InChI is InChI=1S/C13H13N3O3S2/c1-8-2-5-12(20-8)21(18,19)14-7-9-3-4-10-11(6-9)16-13(17)15-10/h2-6,14H,7H2,1H3,(H2,15,16,17). The lowest BCUT2D eigenvalue weighted by Crippen LogP contribution is -2.22. The number of hydrogen-bond donors (Lipinski definition) is 3. The van der Waals surface area contributed by atoms with Gasteiger partial charge in [0.25, 0.3) is 0 Å². The maximum Gasteiger partial charge on any atom is 0.323 e. The average molecular weight is 323 g/mol. The van der Waals surface area contributed by atoms with Gasteiger partial charge >= 0.3 is 5.69 Å². The van der Waals surface area contributed by atoms with Gasteiger partial charge in [-0.25, -0.2) is 17.9 Å². The topological polar surface area (TPSA) is 94.8 Å². The SMILES string of the molecule is Cc1ccc(S(=O)(=O)NCc2ccc3[nH]c(=O)[nH]c3c2)s1. The highest BCUT2D eigenvalue weighted by molar-refractivity contribution is 7.91. The molecule has 2 heterocycles. The molecule has 1 aromatic carbocycles. The van der Waals surface area contributed by atoms with Gasteiger partial charge in [-0.15, -0.1) is 11.3 Å².